The quantitative estimate of drug-likeness (QED) is 0.515. The van der Waals surface area contributed by atoms with E-state index < -0.39 is 0 Å². The highest BCUT2D eigenvalue weighted by molar-refractivity contribution is 7.98. The van der Waals surface area contributed by atoms with Crippen molar-refractivity contribution in [1.29, 1.82) is 0 Å². The van der Waals surface area contributed by atoms with E-state index in [1.165, 1.54) is 23.9 Å². The first kappa shape index (κ1) is 19.4. The maximum Gasteiger partial charge on any atom is 0.251 e. The number of aromatic amines is 1. The number of anilines is 1. The summed E-state index contributed by atoms with van der Waals surface area (Å²) in [5.41, 5.74) is 2.72. The van der Waals surface area contributed by atoms with E-state index in [1.54, 1.807) is 23.1 Å². The highest BCUT2D eigenvalue weighted by atomic mass is 32.2. The molecule has 0 fully saturated rings. The second kappa shape index (κ2) is 8.61. The molecule has 1 amide bonds. The van der Waals surface area contributed by atoms with Crippen LogP contribution in [0.1, 0.15) is 23.2 Å². The van der Waals surface area contributed by atoms with E-state index in [2.05, 4.69) is 9.97 Å². The normalized spacial score (nSPS) is 13.2. The summed E-state index contributed by atoms with van der Waals surface area (Å²) in [5, 5.41) is 0.377. The lowest BCUT2D eigenvalue weighted by atomic mass is 10.0. The summed E-state index contributed by atoms with van der Waals surface area (Å²) in [6.45, 7) is 0.661. The number of carbonyl (C=O) groups is 1. The molecule has 0 atom stereocenters. The number of nitrogens with one attached hydrogen (secondary N) is 1. The van der Waals surface area contributed by atoms with Crippen LogP contribution in [-0.4, -0.2) is 22.4 Å². The van der Waals surface area contributed by atoms with Crippen molar-refractivity contribution in [2.45, 2.75) is 30.2 Å². The van der Waals surface area contributed by atoms with E-state index in [9.17, 15) is 14.0 Å². The minimum atomic E-state index is -0.321. The second-order valence-corrected chi connectivity index (χ2v) is 7.84. The number of nitrogens with zero attached hydrogens (tertiary/aromatic N) is 2. The van der Waals surface area contributed by atoms with Gasteiger partial charge in [0.1, 0.15) is 5.82 Å². The Morgan fingerprint density at radius 3 is 2.83 bits per heavy atom. The molecule has 0 spiro atoms. The number of hydrogen-bond donors (Lipinski definition) is 1. The Morgan fingerprint density at radius 2 is 1.97 bits per heavy atom. The zero-order chi connectivity index (χ0) is 20.2. The molecule has 0 saturated heterocycles. The first-order valence-electron chi connectivity index (χ1n) is 9.45. The topological polar surface area (TPSA) is 66.1 Å². The SMILES string of the molecule is O=C(Cc1cc(=O)[nH]c(SCc2ccccc2F)n1)N1CCCc2ccccc21. The molecule has 148 valence electrons. The minimum Gasteiger partial charge on any atom is -0.312 e. The number of H-pyrrole nitrogens is 1. The maximum atomic E-state index is 13.8. The number of benzene rings is 2. The number of rotatable bonds is 5. The molecule has 1 aromatic heterocycles. The number of fused-ring (bicyclic) bond motifs is 1. The molecule has 3 aromatic rings. The summed E-state index contributed by atoms with van der Waals surface area (Å²) >= 11 is 1.24. The van der Waals surface area contributed by atoms with Gasteiger partial charge in [0, 0.05) is 24.1 Å². The Labute approximate surface area is 172 Å². The van der Waals surface area contributed by atoms with Crippen molar-refractivity contribution in [1.82, 2.24) is 9.97 Å². The minimum absolute atomic E-state index is 0.0471. The van der Waals surface area contributed by atoms with Gasteiger partial charge in [0.15, 0.2) is 5.16 Å². The Morgan fingerprint density at radius 1 is 1.17 bits per heavy atom. The fourth-order valence-corrected chi connectivity index (χ4v) is 4.33. The first-order valence-corrected chi connectivity index (χ1v) is 10.4. The molecule has 2 heterocycles. The molecule has 0 aliphatic carbocycles. The third-order valence-corrected chi connectivity index (χ3v) is 5.76. The van der Waals surface area contributed by atoms with Gasteiger partial charge in [-0.05, 0) is 36.1 Å². The highest BCUT2D eigenvalue weighted by Crippen LogP contribution is 2.27. The van der Waals surface area contributed by atoms with Crippen LogP contribution in [0.2, 0.25) is 0 Å². The van der Waals surface area contributed by atoms with Crippen molar-refractivity contribution >= 4 is 23.4 Å². The molecule has 0 saturated carbocycles. The van der Waals surface area contributed by atoms with Crippen LogP contribution in [0.15, 0.2) is 64.5 Å². The predicted molar refractivity (Wildman–Crippen MR) is 112 cm³/mol. The average molecular weight is 409 g/mol. The van der Waals surface area contributed by atoms with Crippen LogP contribution in [0.3, 0.4) is 0 Å². The zero-order valence-corrected chi connectivity index (χ0v) is 16.5. The number of thioether (sulfide) groups is 1. The van der Waals surface area contributed by atoms with Gasteiger partial charge in [0.25, 0.3) is 5.56 Å². The van der Waals surface area contributed by atoms with E-state index in [1.807, 2.05) is 24.3 Å². The molecular weight excluding hydrogens is 389 g/mol. The number of amides is 1. The number of para-hydroxylation sites is 1. The van der Waals surface area contributed by atoms with Gasteiger partial charge in [-0.3, -0.25) is 9.59 Å². The van der Waals surface area contributed by atoms with Crippen LogP contribution < -0.4 is 10.5 Å². The van der Waals surface area contributed by atoms with Crippen LogP contribution in [-0.2, 0) is 23.4 Å². The summed E-state index contributed by atoms with van der Waals surface area (Å²) in [4.78, 5) is 33.8. The number of carbonyl (C=O) groups excluding carboxylic acids is 1. The van der Waals surface area contributed by atoms with Gasteiger partial charge in [-0.15, -0.1) is 0 Å². The average Bonchev–Trinajstić information content (AvgIpc) is 2.72. The third kappa shape index (κ3) is 4.56. The van der Waals surface area contributed by atoms with Crippen LogP contribution in [0, 0.1) is 5.82 Å². The molecule has 0 radical (unpaired) electrons. The van der Waals surface area contributed by atoms with Crippen molar-refractivity contribution in [3.05, 3.63) is 87.6 Å². The van der Waals surface area contributed by atoms with Gasteiger partial charge >= 0.3 is 0 Å². The number of aromatic nitrogens is 2. The molecule has 1 N–H and O–H groups in total. The number of hydrogen-bond acceptors (Lipinski definition) is 4. The number of aryl methyl sites for hydroxylation is 1. The van der Waals surface area contributed by atoms with Crippen LogP contribution in [0.4, 0.5) is 10.1 Å². The number of halogens is 1. The van der Waals surface area contributed by atoms with Gasteiger partial charge in [-0.2, -0.15) is 0 Å². The molecule has 0 bridgehead atoms. The Bertz CT molecular complexity index is 1100. The predicted octanol–water partition coefficient (Wildman–Crippen LogP) is 3.72. The maximum absolute atomic E-state index is 13.8. The van der Waals surface area contributed by atoms with E-state index in [4.69, 9.17) is 0 Å². The Kier molecular flexibility index (Phi) is 5.76. The second-order valence-electron chi connectivity index (χ2n) is 6.88. The fraction of sp³-hybridized carbons (Fsp3) is 0.227. The molecule has 1 aliphatic heterocycles. The summed E-state index contributed by atoms with van der Waals surface area (Å²) in [6, 6.07) is 15.7. The summed E-state index contributed by atoms with van der Waals surface area (Å²) in [6.07, 6.45) is 1.92. The molecule has 7 heteroatoms. The van der Waals surface area contributed by atoms with E-state index >= 15 is 0 Å². The van der Waals surface area contributed by atoms with Gasteiger partial charge in [-0.25, -0.2) is 9.37 Å². The molecular formula is C22H20FN3O2S. The smallest absolute Gasteiger partial charge is 0.251 e. The lowest BCUT2D eigenvalue weighted by Gasteiger charge is -2.29. The molecule has 4 rings (SSSR count). The van der Waals surface area contributed by atoms with Crippen molar-refractivity contribution in [2.24, 2.45) is 0 Å². The van der Waals surface area contributed by atoms with Crippen molar-refractivity contribution < 1.29 is 9.18 Å². The summed E-state index contributed by atoms with van der Waals surface area (Å²) in [5.74, 6) is -0.0373. The van der Waals surface area contributed by atoms with E-state index in [0.717, 1.165) is 24.1 Å². The summed E-state index contributed by atoms with van der Waals surface area (Å²) < 4.78 is 13.8. The first-order chi connectivity index (χ1) is 14.1. The highest BCUT2D eigenvalue weighted by Gasteiger charge is 2.22. The summed E-state index contributed by atoms with van der Waals surface area (Å²) in [7, 11) is 0. The van der Waals surface area contributed by atoms with Gasteiger partial charge in [-0.1, -0.05) is 48.2 Å². The zero-order valence-electron chi connectivity index (χ0n) is 15.7. The molecule has 2 aromatic carbocycles. The van der Waals surface area contributed by atoms with Gasteiger partial charge in [0.05, 0.1) is 12.1 Å². The molecule has 0 unspecified atom stereocenters. The van der Waals surface area contributed by atoms with Gasteiger partial charge in [0.2, 0.25) is 5.91 Å². The molecule has 5 nitrogen and oxygen atoms in total. The Hall–Kier alpha value is -2.93. The largest absolute Gasteiger partial charge is 0.312 e. The Balaban J connectivity index is 1.49. The van der Waals surface area contributed by atoms with Crippen LogP contribution >= 0.6 is 11.8 Å². The fourth-order valence-electron chi connectivity index (χ4n) is 3.45. The lowest BCUT2D eigenvalue weighted by molar-refractivity contribution is -0.118. The van der Waals surface area contributed by atoms with E-state index in [-0.39, 0.29) is 23.7 Å². The van der Waals surface area contributed by atoms with E-state index in [0.29, 0.717) is 28.7 Å². The third-order valence-electron chi connectivity index (χ3n) is 4.84. The van der Waals surface area contributed by atoms with Crippen molar-refractivity contribution in [3.63, 3.8) is 0 Å². The van der Waals surface area contributed by atoms with Gasteiger partial charge < -0.3 is 9.88 Å². The monoisotopic (exact) mass is 409 g/mol. The van der Waals surface area contributed by atoms with Crippen molar-refractivity contribution in [2.75, 3.05) is 11.4 Å². The molecule has 1 aliphatic rings. The van der Waals surface area contributed by atoms with Crippen molar-refractivity contribution in [3.8, 4) is 0 Å². The standard InChI is InChI=1S/C22H20FN3O2S/c23-18-9-3-1-7-16(18)14-29-22-24-17(12-20(27)25-22)13-21(28)26-11-5-8-15-6-2-4-10-19(15)26/h1-4,6-7,9-10,12H,5,8,11,13-14H2,(H,24,25,27). The lowest BCUT2D eigenvalue weighted by Crippen LogP contribution is -2.36. The molecule has 29 heavy (non-hydrogen) atoms. The van der Waals surface area contributed by atoms with Crippen LogP contribution in [0.25, 0.3) is 0 Å². The van der Waals surface area contributed by atoms with Crippen LogP contribution in [0.5, 0.6) is 0 Å².